The molecule has 176 valence electrons. The molecule has 4 aromatic rings. The van der Waals surface area contributed by atoms with E-state index in [1.807, 2.05) is 60.7 Å². The van der Waals surface area contributed by atoms with Crippen molar-refractivity contribution in [3.8, 4) is 22.6 Å². The number of aromatic nitrogens is 2. The van der Waals surface area contributed by atoms with Crippen LogP contribution in [0.1, 0.15) is 28.0 Å². The van der Waals surface area contributed by atoms with Crippen LogP contribution in [0.15, 0.2) is 84.9 Å². The average Bonchev–Trinajstić information content (AvgIpc) is 3.34. The monoisotopic (exact) mass is 469 g/mol. The van der Waals surface area contributed by atoms with Gasteiger partial charge in [0, 0.05) is 23.4 Å². The summed E-state index contributed by atoms with van der Waals surface area (Å²) >= 11 is 0. The van der Waals surface area contributed by atoms with Crippen LogP contribution in [0, 0.1) is 5.41 Å². The van der Waals surface area contributed by atoms with E-state index in [2.05, 4.69) is 10.3 Å². The maximum absolute atomic E-state index is 13.1. The third kappa shape index (κ3) is 5.69. The third-order valence-electron chi connectivity index (χ3n) is 5.49. The van der Waals surface area contributed by atoms with Crippen LogP contribution >= 0.6 is 0 Å². The molecular formula is C27H25N4O4+. The van der Waals surface area contributed by atoms with E-state index in [0.717, 1.165) is 11.1 Å². The first-order valence-corrected chi connectivity index (χ1v) is 11.0. The Hall–Kier alpha value is -4.56. The minimum absolute atomic E-state index is 0.0735. The van der Waals surface area contributed by atoms with Crippen molar-refractivity contribution in [2.24, 2.45) is 0 Å². The fourth-order valence-electron chi connectivity index (χ4n) is 3.58. The topological polar surface area (TPSA) is 142 Å². The zero-order chi connectivity index (χ0) is 24.8. The van der Waals surface area contributed by atoms with Crippen LogP contribution < -0.4 is 5.32 Å². The van der Waals surface area contributed by atoms with Crippen molar-refractivity contribution in [2.75, 3.05) is 0 Å². The van der Waals surface area contributed by atoms with Crippen LogP contribution in [0.4, 0.5) is 0 Å². The molecule has 8 heteroatoms. The average molecular weight is 470 g/mol. The first-order valence-electron chi connectivity index (χ1n) is 11.0. The van der Waals surface area contributed by atoms with Crippen LogP contribution in [0.2, 0.25) is 0 Å². The number of carbonyl (C=O) groups is 2. The van der Waals surface area contributed by atoms with Gasteiger partial charge in [-0.1, -0.05) is 84.9 Å². The van der Waals surface area contributed by atoms with Gasteiger partial charge in [0.15, 0.2) is 0 Å². The Labute approximate surface area is 201 Å². The Balaban J connectivity index is 1.60. The summed E-state index contributed by atoms with van der Waals surface area (Å²) in [7, 11) is 0. The zero-order valence-corrected chi connectivity index (χ0v) is 18.8. The second-order valence-electron chi connectivity index (χ2n) is 7.99. The van der Waals surface area contributed by atoms with Crippen LogP contribution in [0.5, 0.6) is 0 Å². The van der Waals surface area contributed by atoms with Crippen molar-refractivity contribution in [1.29, 1.82) is 5.41 Å². The normalized spacial score (nSPS) is 11.6. The molecule has 0 aliphatic rings. The first-order chi connectivity index (χ1) is 16.9. The van der Waals surface area contributed by atoms with Crippen molar-refractivity contribution in [1.82, 2.24) is 15.3 Å². The molecule has 0 saturated heterocycles. The maximum atomic E-state index is 13.1. The largest absolute Gasteiger partial charge is 0.475 e. The van der Waals surface area contributed by atoms with Crippen LogP contribution in [-0.2, 0) is 11.3 Å². The molecule has 0 saturated carbocycles. The molecule has 1 heterocycles. The lowest BCUT2D eigenvalue weighted by atomic mass is 10.0. The summed E-state index contributed by atoms with van der Waals surface area (Å²) in [6.45, 7) is 0.381. The summed E-state index contributed by atoms with van der Waals surface area (Å²) in [5.41, 5.74) is 3.97. The molecule has 0 aliphatic carbocycles. The number of carbonyl (C=O) groups excluding carboxylic acids is 1. The molecule has 0 aliphatic heterocycles. The van der Waals surface area contributed by atoms with Gasteiger partial charge in [-0.3, -0.25) is 4.79 Å². The van der Waals surface area contributed by atoms with Gasteiger partial charge >= 0.3 is 5.97 Å². The van der Waals surface area contributed by atoms with Crippen LogP contribution in [-0.4, -0.2) is 43.9 Å². The Morgan fingerprint density at radius 3 is 2.20 bits per heavy atom. The summed E-state index contributed by atoms with van der Waals surface area (Å²) in [6.07, 6.45) is -1.56. The number of hydrogen-bond acceptors (Lipinski definition) is 4. The van der Waals surface area contributed by atoms with E-state index in [0.29, 0.717) is 34.9 Å². The predicted octanol–water partition coefficient (Wildman–Crippen LogP) is 3.61. The van der Waals surface area contributed by atoms with E-state index in [4.69, 9.17) is 20.6 Å². The van der Waals surface area contributed by atoms with Crippen molar-refractivity contribution in [2.45, 2.75) is 19.1 Å². The highest BCUT2D eigenvalue weighted by Crippen LogP contribution is 2.26. The van der Waals surface area contributed by atoms with E-state index >= 15 is 0 Å². The number of hydrogen-bond donors (Lipinski definition) is 4. The molecule has 0 fully saturated rings. The minimum Gasteiger partial charge on any atom is -0.475 e. The zero-order valence-electron chi connectivity index (χ0n) is 18.8. The number of aromatic amines is 1. The molecular weight excluding hydrogens is 444 g/mol. The SMILES string of the molecule is N=C(CC([OH2+])C(=O)O)c1ccc(-c2nc(-c3ccccc3)c(C(=O)NCc3ccccc3)[nH]2)cc1. The molecule has 1 atom stereocenters. The quantitative estimate of drug-likeness (QED) is 0.219. The number of carboxylic acid groups (broad SMARTS) is 1. The van der Waals surface area contributed by atoms with E-state index in [1.54, 1.807) is 24.3 Å². The lowest BCUT2D eigenvalue weighted by molar-refractivity contribution is -0.146. The second kappa shape index (κ2) is 10.6. The Morgan fingerprint density at radius 1 is 0.943 bits per heavy atom. The molecule has 1 unspecified atom stereocenters. The highest BCUT2D eigenvalue weighted by atomic mass is 16.4. The Kier molecular flexibility index (Phi) is 7.13. The third-order valence-corrected chi connectivity index (χ3v) is 5.49. The summed E-state index contributed by atoms with van der Waals surface area (Å²) in [4.78, 5) is 31.8. The van der Waals surface area contributed by atoms with Crippen molar-refractivity contribution in [3.63, 3.8) is 0 Å². The molecule has 6 N–H and O–H groups in total. The lowest BCUT2D eigenvalue weighted by Crippen LogP contribution is -2.23. The number of imidazole rings is 1. The van der Waals surface area contributed by atoms with Gasteiger partial charge in [-0.25, -0.2) is 9.78 Å². The van der Waals surface area contributed by atoms with Crippen LogP contribution in [0.3, 0.4) is 0 Å². The molecule has 0 spiro atoms. The number of carboxylic acids is 1. The van der Waals surface area contributed by atoms with Gasteiger partial charge in [0.25, 0.3) is 12.0 Å². The van der Waals surface area contributed by atoms with Gasteiger partial charge in [0.2, 0.25) is 0 Å². The molecule has 3 aromatic carbocycles. The number of nitrogens with one attached hydrogen (secondary N) is 3. The molecule has 1 aromatic heterocycles. The predicted molar refractivity (Wildman–Crippen MR) is 134 cm³/mol. The van der Waals surface area contributed by atoms with E-state index in [1.165, 1.54) is 0 Å². The van der Waals surface area contributed by atoms with Crippen molar-refractivity contribution in [3.05, 3.63) is 102 Å². The van der Waals surface area contributed by atoms with Crippen LogP contribution in [0.25, 0.3) is 22.6 Å². The smallest absolute Gasteiger partial charge is 0.384 e. The summed E-state index contributed by atoms with van der Waals surface area (Å²) in [6, 6.07) is 25.9. The number of H-pyrrole nitrogens is 1. The highest BCUT2D eigenvalue weighted by molar-refractivity contribution is 6.01. The molecule has 35 heavy (non-hydrogen) atoms. The van der Waals surface area contributed by atoms with Gasteiger partial charge in [-0.15, -0.1) is 0 Å². The fourth-order valence-corrected chi connectivity index (χ4v) is 3.58. The fraction of sp³-hybridized carbons (Fsp3) is 0.111. The van der Waals surface area contributed by atoms with E-state index < -0.39 is 12.1 Å². The van der Waals surface area contributed by atoms with E-state index in [-0.39, 0.29) is 18.0 Å². The van der Waals surface area contributed by atoms with Gasteiger partial charge in [0.05, 0.1) is 6.42 Å². The Bertz CT molecular complexity index is 1330. The molecule has 8 nitrogen and oxygen atoms in total. The van der Waals surface area contributed by atoms with Gasteiger partial charge in [0.1, 0.15) is 17.2 Å². The standard InChI is InChI=1S/C27H24N4O4/c28-21(15-22(32)27(34)35)18-11-13-20(14-12-18)25-30-23(19-9-5-2-6-10-19)24(31-25)26(33)29-16-17-7-3-1-4-8-17/h1-14,22,28,32H,15-16H2,(H,29,33)(H,30,31)(H,34,35)/p+1. The second-order valence-corrected chi connectivity index (χ2v) is 7.99. The number of nitrogens with zero attached hydrogens (tertiary/aromatic N) is 1. The number of benzene rings is 3. The van der Waals surface area contributed by atoms with Crippen molar-refractivity contribution >= 4 is 17.6 Å². The lowest BCUT2D eigenvalue weighted by Gasteiger charge is -2.06. The van der Waals surface area contributed by atoms with Gasteiger partial charge in [-0.2, -0.15) is 0 Å². The summed E-state index contributed by atoms with van der Waals surface area (Å²) in [5, 5.41) is 27.5. The minimum atomic E-state index is -1.38. The van der Waals surface area contributed by atoms with E-state index in [9.17, 15) is 9.59 Å². The molecule has 0 radical (unpaired) electrons. The number of aliphatic carboxylic acids is 1. The maximum Gasteiger partial charge on any atom is 0.384 e. The number of rotatable bonds is 9. The molecule has 1 amide bonds. The van der Waals surface area contributed by atoms with Crippen molar-refractivity contribution < 1.29 is 19.8 Å². The highest BCUT2D eigenvalue weighted by Gasteiger charge is 2.22. The summed E-state index contributed by atoms with van der Waals surface area (Å²) < 4.78 is 0. The number of amides is 1. The summed E-state index contributed by atoms with van der Waals surface area (Å²) in [5.74, 6) is -1.04. The van der Waals surface area contributed by atoms with Gasteiger partial charge < -0.3 is 25.9 Å². The molecule has 0 bridgehead atoms. The Morgan fingerprint density at radius 2 is 1.57 bits per heavy atom. The first kappa shape index (κ1) is 23.6. The van der Waals surface area contributed by atoms with Gasteiger partial charge in [-0.05, 0) is 11.1 Å². The molecule has 4 rings (SSSR count).